The number of aromatic hydroxyl groups is 1. The molecule has 7 aromatic carbocycles. The molecular weight excluding hydrogens is 1320 g/mol. The first-order chi connectivity index (χ1) is 51.0. The van der Waals surface area contributed by atoms with Gasteiger partial charge in [-0.2, -0.15) is 0 Å². The molecular formula is C89H83N13O2S. The summed E-state index contributed by atoms with van der Waals surface area (Å²) in [6.07, 6.45) is 25.0. The zero-order chi connectivity index (χ0) is 73.9. The summed E-state index contributed by atoms with van der Waals surface area (Å²) in [5.41, 5.74) is 24.1. The van der Waals surface area contributed by atoms with E-state index in [1.807, 2.05) is 156 Å². The van der Waals surface area contributed by atoms with Gasteiger partial charge in [0, 0.05) is 107 Å². The van der Waals surface area contributed by atoms with Gasteiger partial charge in [-0.3, -0.25) is 29.9 Å². The number of anilines is 1. The third-order valence-electron chi connectivity index (χ3n) is 16.3. The number of aryl methyl sites for hydroxylation is 10. The number of pyridine rings is 7. The number of rotatable bonds is 0. The van der Waals surface area contributed by atoms with Crippen LogP contribution in [0.5, 0.6) is 5.75 Å². The van der Waals surface area contributed by atoms with Crippen LogP contribution >= 0.6 is 11.3 Å². The lowest BCUT2D eigenvalue weighted by atomic mass is 10.1. The Morgan fingerprint density at radius 1 is 0.333 bits per heavy atom. The molecule has 16 heteroatoms. The number of nitrogens with zero attached hydrogens (tertiary/aromatic N) is 11. The number of hydrogen-bond donors (Lipinski definition) is 3. The van der Waals surface area contributed by atoms with Crippen molar-refractivity contribution in [2.45, 2.75) is 69.2 Å². The topological polar surface area (TPSA) is 217 Å². The second-order valence-corrected chi connectivity index (χ2v) is 25.8. The largest absolute Gasteiger partial charge is 0.508 e. The maximum Gasteiger partial charge on any atom is 0.226 e. The van der Waals surface area contributed by atoms with Crippen LogP contribution in [0.1, 0.15) is 55.6 Å². The third-order valence-corrected chi connectivity index (χ3v) is 17.3. The van der Waals surface area contributed by atoms with E-state index in [-0.39, 0.29) is 0 Å². The Hall–Kier alpha value is -13.1. The van der Waals surface area contributed by atoms with E-state index in [1.165, 1.54) is 82.0 Å². The van der Waals surface area contributed by atoms with E-state index in [2.05, 4.69) is 210 Å². The molecule has 0 aliphatic rings. The minimum absolute atomic E-state index is 0.325. The van der Waals surface area contributed by atoms with Gasteiger partial charge >= 0.3 is 0 Å². The highest BCUT2D eigenvalue weighted by Crippen LogP contribution is 2.24. The first kappa shape index (κ1) is 74.6. The molecule has 0 aliphatic heterocycles. The Kier molecular flexibility index (Phi) is 26.7. The van der Waals surface area contributed by atoms with Crippen molar-refractivity contribution >= 4 is 115 Å². The molecule has 0 fully saturated rings. The van der Waals surface area contributed by atoms with Crippen molar-refractivity contribution in [1.29, 1.82) is 0 Å². The summed E-state index contributed by atoms with van der Waals surface area (Å²) < 4.78 is 5.14. The third kappa shape index (κ3) is 22.2. The van der Waals surface area contributed by atoms with Crippen LogP contribution in [0.15, 0.2) is 303 Å². The van der Waals surface area contributed by atoms with Gasteiger partial charge in [0.25, 0.3) is 0 Å². The molecule has 0 unspecified atom stereocenters. The average molecular weight is 1400 g/mol. The number of thiophene rings is 1. The molecule has 19 rings (SSSR count). The molecule has 19 aromatic rings. The molecule has 522 valence electrons. The average Bonchev–Trinajstić information content (AvgIpc) is 1.83. The van der Waals surface area contributed by atoms with Crippen LogP contribution in [-0.2, 0) is 0 Å². The highest BCUT2D eigenvalue weighted by molar-refractivity contribution is 7.16. The Labute approximate surface area is 615 Å². The number of aromatic nitrogens is 12. The lowest BCUT2D eigenvalue weighted by Crippen LogP contribution is -1.92. The zero-order valence-electron chi connectivity index (χ0n) is 60.6. The van der Waals surface area contributed by atoms with Gasteiger partial charge in [0.05, 0.1) is 33.8 Å². The summed E-state index contributed by atoms with van der Waals surface area (Å²) in [4.78, 5) is 49.1. The predicted octanol–water partition coefficient (Wildman–Crippen LogP) is 21.9. The Morgan fingerprint density at radius 3 is 1.58 bits per heavy atom. The molecule has 0 saturated carbocycles. The Balaban J connectivity index is 0.000000125. The van der Waals surface area contributed by atoms with Gasteiger partial charge in [-0.25, -0.2) is 24.9 Å². The van der Waals surface area contributed by atoms with E-state index in [4.69, 9.17) is 10.2 Å². The van der Waals surface area contributed by atoms with Crippen LogP contribution in [-0.4, -0.2) is 64.9 Å². The van der Waals surface area contributed by atoms with Gasteiger partial charge in [0.1, 0.15) is 16.2 Å². The summed E-state index contributed by atoms with van der Waals surface area (Å²) in [6.45, 7) is 20.5. The zero-order valence-corrected chi connectivity index (χ0v) is 61.4. The fourth-order valence-electron chi connectivity index (χ4n) is 10.7. The molecule has 0 radical (unpaired) electrons. The molecule has 12 aromatic heterocycles. The standard InChI is InChI=1S/C11H10O.C11H10.2C10H9N.2C9H8N2.C8H8N2.C8H7NO.C8H7NS.C5H7N3/c1-8-2-3-10-7-11(12)5-4-9(10)6-8;1-9-6-7-10-4-2-3-5-11(10)8-9;1-8-4-5-9-3-2-6-11-10(9)7-8;1-8-3-2-4-9-7-11-6-5-10(8)9;1-7-2-3-8-9(6-7)11-5-4-10-8;1-7-5-9-8(11-6-7)3-2-4-10-9;3*1-6-5-10-8-7(6)3-2-4-9-8;1-4-2-7-5(6)8-3-4/h2-7,12H,1H3;2-8H,1H3;2*2-7H,1H3;2*2-6H,1H3;2-5H,1H3,(H,9,10);2*2-5H,1H3;2-3H,1H3,(H2,6,7,8). The quantitative estimate of drug-likeness (QED) is 0.129. The van der Waals surface area contributed by atoms with Crippen LogP contribution < -0.4 is 5.73 Å². The van der Waals surface area contributed by atoms with Gasteiger partial charge in [0.15, 0.2) is 0 Å². The van der Waals surface area contributed by atoms with Crippen molar-refractivity contribution in [1.82, 2.24) is 59.8 Å². The van der Waals surface area contributed by atoms with Crippen LogP contribution in [0, 0.1) is 69.2 Å². The number of benzene rings is 7. The van der Waals surface area contributed by atoms with Gasteiger partial charge in [-0.1, -0.05) is 126 Å². The van der Waals surface area contributed by atoms with Crippen molar-refractivity contribution < 1.29 is 9.52 Å². The summed E-state index contributed by atoms with van der Waals surface area (Å²) in [6, 6.07) is 69.0. The number of nitrogens with two attached hydrogens (primary N) is 1. The second kappa shape index (κ2) is 37.6. The van der Waals surface area contributed by atoms with Gasteiger partial charge < -0.3 is 20.2 Å². The number of furan rings is 1. The van der Waals surface area contributed by atoms with Crippen LogP contribution in [0.25, 0.3) is 97.6 Å². The van der Waals surface area contributed by atoms with E-state index in [1.54, 1.807) is 73.1 Å². The molecule has 0 aliphatic carbocycles. The number of aromatic amines is 1. The van der Waals surface area contributed by atoms with E-state index in [0.29, 0.717) is 11.7 Å². The number of phenolic OH excluding ortho intramolecular Hbond substituents is 1. The van der Waals surface area contributed by atoms with Crippen molar-refractivity contribution in [3.63, 3.8) is 0 Å². The molecule has 0 atom stereocenters. The number of fused-ring (bicyclic) bond motifs is 9. The number of hydrogen-bond acceptors (Lipinski definition) is 15. The van der Waals surface area contributed by atoms with E-state index in [0.717, 1.165) is 71.2 Å². The fraction of sp³-hybridized carbons (Fsp3) is 0.112. The lowest BCUT2D eigenvalue weighted by molar-refractivity contribution is 0.476. The predicted molar refractivity (Wildman–Crippen MR) is 436 cm³/mol. The summed E-state index contributed by atoms with van der Waals surface area (Å²) >= 11 is 1.70. The molecule has 4 N–H and O–H groups in total. The molecule has 0 spiro atoms. The minimum Gasteiger partial charge on any atom is -0.508 e. The first-order valence-corrected chi connectivity index (χ1v) is 35.0. The second-order valence-electron chi connectivity index (χ2n) is 24.9. The van der Waals surface area contributed by atoms with E-state index in [9.17, 15) is 5.11 Å². The summed E-state index contributed by atoms with van der Waals surface area (Å²) in [5, 5.41) is 23.5. The normalized spacial score (nSPS) is 10.3. The van der Waals surface area contributed by atoms with E-state index >= 15 is 0 Å². The highest BCUT2D eigenvalue weighted by Gasteiger charge is 2.02. The number of H-pyrrole nitrogens is 1. The van der Waals surface area contributed by atoms with Crippen LogP contribution in [0.3, 0.4) is 0 Å². The lowest BCUT2D eigenvalue weighted by Gasteiger charge is -1.99. The first-order valence-electron chi connectivity index (χ1n) is 34.1. The monoisotopic (exact) mass is 1400 g/mol. The number of nitrogens with one attached hydrogen (secondary N) is 1. The SMILES string of the molecule is Cc1c[nH]c2ncccc12.Cc1ccc2cc(O)ccc2c1.Cc1ccc2ccccc2c1.Cc1ccc2cccnc2c1.Cc1ccc2nccnc2c1.Cc1cccc2cnccc12.Cc1cnc(N)nc1.Cc1cnc2cccnc2c1.Cc1coc2ncccc12.Cc1csc2ncccc12. The van der Waals surface area contributed by atoms with Gasteiger partial charge in [-0.05, 0) is 237 Å². The van der Waals surface area contributed by atoms with Gasteiger partial charge in [0.2, 0.25) is 11.7 Å². The smallest absolute Gasteiger partial charge is 0.226 e. The fourth-order valence-corrected chi connectivity index (χ4v) is 11.6. The molecule has 0 saturated heterocycles. The molecule has 12 heterocycles. The van der Waals surface area contributed by atoms with Crippen LogP contribution in [0.2, 0.25) is 0 Å². The minimum atomic E-state index is 0.325. The molecule has 0 amide bonds. The van der Waals surface area contributed by atoms with Crippen molar-refractivity contribution in [2.24, 2.45) is 0 Å². The van der Waals surface area contributed by atoms with Crippen molar-refractivity contribution in [3.8, 4) is 5.75 Å². The van der Waals surface area contributed by atoms with E-state index < -0.39 is 0 Å². The Morgan fingerprint density at radius 2 is 0.867 bits per heavy atom. The molecule has 15 nitrogen and oxygen atoms in total. The maximum absolute atomic E-state index is 9.20. The van der Waals surface area contributed by atoms with Gasteiger partial charge in [-0.15, -0.1) is 11.3 Å². The number of nitrogen functional groups attached to an aromatic ring is 1. The van der Waals surface area contributed by atoms with Crippen LogP contribution in [0.4, 0.5) is 5.95 Å². The number of phenols is 1. The Bertz CT molecular complexity index is 5400. The van der Waals surface area contributed by atoms with Crippen molar-refractivity contribution in [3.05, 3.63) is 354 Å². The highest BCUT2D eigenvalue weighted by atomic mass is 32.1. The van der Waals surface area contributed by atoms with Crippen molar-refractivity contribution in [2.75, 3.05) is 5.73 Å². The molecule has 105 heavy (non-hydrogen) atoms. The molecule has 0 bridgehead atoms. The summed E-state index contributed by atoms with van der Waals surface area (Å²) in [7, 11) is 0. The maximum atomic E-state index is 9.20. The summed E-state index contributed by atoms with van der Waals surface area (Å²) in [5.74, 6) is 0.655.